The number of aliphatic hydroxyl groups excluding tert-OH is 4. The number of hydrogen-bond acceptors (Lipinski definition) is 18. The lowest BCUT2D eigenvalue weighted by Crippen LogP contribution is -2.67. The Bertz CT molecular complexity index is 2550. The Hall–Kier alpha value is -3.19. The van der Waals surface area contributed by atoms with Gasteiger partial charge in [-0.25, -0.2) is 4.57 Å². The van der Waals surface area contributed by atoms with E-state index in [-0.39, 0.29) is 37.6 Å². The van der Waals surface area contributed by atoms with Crippen LogP contribution in [0.5, 0.6) is 0 Å². The van der Waals surface area contributed by atoms with E-state index < -0.39 is 149 Å². The van der Waals surface area contributed by atoms with E-state index in [0.29, 0.717) is 51.4 Å². The summed E-state index contributed by atoms with van der Waals surface area (Å²) in [5.74, 6) is -3.93. The van der Waals surface area contributed by atoms with Crippen molar-refractivity contribution >= 4 is 43.3 Å². The van der Waals surface area contributed by atoms with Crippen molar-refractivity contribution in [1.82, 2.24) is 16.8 Å². The third kappa shape index (κ3) is 62.1. The van der Waals surface area contributed by atoms with E-state index in [1.807, 2.05) is 0 Å². The predicted octanol–water partition coefficient (Wildman–Crippen LogP) is 23.4. The van der Waals surface area contributed by atoms with Gasteiger partial charge in [-0.15, -0.1) is 0 Å². The number of rotatable bonds is 85. The Balaban J connectivity index is 0.0000744. The zero-order valence-corrected chi connectivity index (χ0v) is 80.0. The molecule has 0 aliphatic carbocycles. The first kappa shape index (κ1) is 117. The molecular formula is C98H189N3O20P+. The number of esters is 3. The molecule has 14 atom stereocenters. The van der Waals surface area contributed by atoms with E-state index in [4.69, 9.17) is 32.9 Å². The third-order valence-electron chi connectivity index (χ3n) is 24.8. The van der Waals surface area contributed by atoms with Gasteiger partial charge in [0.15, 0.2) is 18.5 Å². The molecule has 2 amide bonds. The Morgan fingerprint density at radius 2 is 0.721 bits per heavy atom. The van der Waals surface area contributed by atoms with Crippen LogP contribution in [-0.2, 0) is 66.3 Å². The van der Waals surface area contributed by atoms with Gasteiger partial charge in [0.05, 0.1) is 56.8 Å². The minimum absolute atomic E-state index is 0. The average molecular weight is 1760 g/mol. The molecule has 0 aromatic rings. The number of phosphoric ester groups is 1. The Kier molecular flexibility index (Phi) is 75.5. The van der Waals surface area contributed by atoms with Crippen LogP contribution in [0, 0.1) is 5.92 Å². The van der Waals surface area contributed by atoms with Crippen LogP contribution in [0.4, 0.5) is 0 Å². The number of ketones is 1. The second-order valence-electron chi connectivity index (χ2n) is 36.5. The molecule has 2 saturated heterocycles. The second kappa shape index (κ2) is 78.8. The lowest BCUT2D eigenvalue weighted by Gasteiger charge is -2.47. The molecule has 24 heteroatoms. The highest BCUT2D eigenvalue weighted by Gasteiger charge is 2.54. The smallest absolute Gasteiger partial charge is 0.462 e. The number of unbranched alkanes of at least 4 members (excludes halogenated alkanes) is 52. The molecule has 2 aliphatic heterocycles. The van der Waals surface area contributed by atoms with E-state index in [1.54, 1.807) is 6.92 Å². The molecule has 2 heterocycles. The van der Waals surface area contributed by atoms with Crippen molar-refractivity contribution in [1.29, 1.82) is 0 Å². The molecule has 0 bridgehead atoms. The summed E-state index contributed by atoms with van der Waals surface area (Å²) >= 11 is 0. The van der Waals surface area contributed by atoms with Gasteiger partial charge < -0.3 is 75.4 Å². The summed E-state index contributed by atoms with van der Waals surface area (Å²) < 4.78 is 56.8. The molecule has 2 fully saturated rings. The molecule has 2 aliphatic rings. The van der Waals surface area contributed by atoms with Crippen LogP contribution in [0.2, 0.25) is 0 Å². The fraction of sp³-hybridized carbons (Fsp3) is 0.939. The number of nitrogens with one attached hydrogen (secondary N) is 2. The summed E-state index contributed by atoms with van der Waals surface area (Å²) in [6.45, 7) is 13.2. The Morgan fingerprint density at radius 1 is 0.377 bits per heavy atom. The summed E-state index contributed by atoms with van der Waals surface area (Å²) in [4.78, 5) is 108. The van der Waals surface area contributed by atoms with Gasteiger partial charge in [0.2, 0.25) is 11.8 Å². The van der Waals surface area contributed by atoms with Crippen LogP contribution in [0.15, 0.2) is 0 Å². The third-order valence-corrected chi connectivity index (χ3v) is 25.4. The number of ether oxygens (including phenoxy) is 6. The van der Waals surface area contributed by atoms with Crippen LogP contribution in [0.3, 0.4) is 0 Å². The quantitative estimate of drug-likeness (QED) is 0.0118. The maximum absolute atomic E-state index is 15.2. The SMILES string of the molecule is CCCCCCCCCCCCCC(=O)C[C@H](CCCCCCCCCCC)CC(=O)NC1[C@H](OCC2O[C@H](C)C(NC(=O)C[C@H](O)CCCCCCCCCCC)[C@@H](OC(=O)C[C@H](O)CCCCCCCCCCC)[C@@H]2O)OC(CO)[C@@H](OP(=O)(O)O)[C@@H]1OC(=O)C[C@@H](CCCCCCCCCCC)OC(=O)CCCCCCCCCCCCC.[NH4+]. The van der Waals surface area contributed by atoms with Crippen molar-refractivity contribution in [3.8, 4) is 0 Å². The van der Waals surface area contributed by atoms with Crippen LogP contribution in [0.25, 0.3) is 0 Å². The van der Waals surface area contributed by atoms with E-state index >= 15 is 9.59 Å². The molecule has 23 nitrogen and oxygen atoms in total. The number of carbonyl (C=O) groups is 6. The van der Waals surface area contributed by atoms with E-state index in [1.165, 1.54) is 167 Å². The molecular weight excluding hydrogens is 1570 g/mol. The number of phosphoric acid groups is 1. The normalized spacial score (nSPS) is 20.2. The fourth-order valence-corrected chi connectivity index (χ4v) is 18.0. The van der Waals surface area contributed by atoms with Crippen molar-refractivity contribution in [2.24, 2.45) is 5.92 Å². The van der Waals surface area contributed by atoms with Gasteiger partial charge in [0.25, 0.3) is 0 Å². The number of hydrogen-bond donors (Lipinski definition) is 9. The zero-order chi connectivity index (χ0) is 88.6. The lowest BCUT2D eigenvalue weighted by molar-refractivity contribution is -0.285. The van der Waals surface area contributed by atoms with Crippen molar-refractivity contribution in [3.63, 3.8) is 0 Å². The van der Waals surface area contributed by atoms with Gasteiger partial charge in [0, 0.05) is 25.7 Å². The number of Topliss-reactive ketones (excluding diaryl/α,β-unsaturated/α-hetero) is 1. The first-order valence-electron chi connectivity index (χ1n) is 50.6. The van der Waals surface area contributed by atoms with Gasteiger partial charge in [-0.2, -0.15) is 0 Å². The van der Waals surface area contributed by atoms with Crippen molar-refractivity contribution in [2.45, 2.75) is 571 Å². The standard InChI is InChI=1S/C98H185N2O20P.H3N/c1-8-14-20-26-32-38-40-46-51-55-61-67-81(102)72-80(66-60-54-48-42-34-28-22-16-10-3)73-87(105)100-93-97(119-91(109)76-84(70-64-58-52-45-37-31-25-19-13-6)116-89(107)71-65-59-53-47-41-39-33-27-21-15-9-2)95(120-121(111,112)113)85(77-101)117-98(93)114-78-86-94(110)96(118-90(108)75-83(104)69-63-57-50-44-36-30-24-18-12-5)92(79(7)115-86)99-88(106)74-82(103)68-62-56-49-43-35-29-23-17-11-4;/h79-80,82-86,92-98,101,103-104,110H,8-78H2,1-7H3,(H,99,106)(H,100,105)(H2,111,112,113);1H3/p+1/t79-,80+,82-,83-,84-,85?,86?,92?,93?,94-,95-,96-,97-,98-;/m1./s1. The number of carbonyl (C=O) groups excluding carboxylic acids is 6. The molecule has 4 unspecified atom stereocenters. The largest absolute Gasteiger partial charge is 0.470 e. The maximum atomic E-state index is 15.2. The van der Waals surface area contributed by atoms with Gasteiger partial charge >= 0.3 is 25.7 Å². The molecule has 2 rings (SSSR count). The monoisotopic (exact) mass is 1760 g/mol. The summed E-state index contributed by atoms with van der Waals surface area (Å²) in [7, 11) is -5.57. The van der Waals surface area contributed by atoms with Gasteiger partial charge in [0.1, 0.15) is 42.3 Å². The maximum Gasteiger partial charge on any atom is 0.470 e. The zero-order valence-electron chi connectivity index (χ0n) is 79.1. The molecule has 0 radical (unpaired) electrons. The number of aliphatic hydroxyl groups is 4. The molecule has 0 aromatic carbocycles. The van der Waals surface area contributed by atoms with Crippen LogP contribution in [-0.4, -0.2) is 158 Å². The summed E-state index contributed by atoms with van der Waals surface area (Å²) in [6.07, 6.45) is 47.2. The number of amides is 2. The highest BCUT2D eigenvalue weighted by Crippen LogP contribution is 2.43. The highest BCUT2D eigenvalue weighted by molar-refractivity contribution is 7.46. The fourth-order valence-electron chi connectivity index (χ4n) is 17.4. The molecule has 122 heavy (non-hydrogen) atoms. The molecule has 0 saturated carbocycles. The van der Waals surface area contributed by atoms with E-state index in [2.05, 4.69) is 52.2 Å². The van der Waals surface area contributed by atoms with Gasteiger partial charge in [-0.1, -0.05) is 395 Å². The topological polar surface area (TPSA) is 366 Å². The van der Waals surface area contributed by atoms with Crippen LogP contribution in [0.1, 0.15) is 492 Å². The van der Waals surface area contributed by atoms with Gasteiger partial charge in [-0.05, 0) is 57.8 Å². The second-order valence-corrected chi connectivity index (χ2v) is 37.7. The lowest BCUT2D eigenvalue weighted by atomic mass is 9.90. The predicted molar refractivity (Wildman–Crippen MR) is 492 cm³/mol. The van der Waals surface area contributed by atoms with Crippen molar-refractivity contribution in [2.75, 3.05) is 13.2 Å². The van der Waals surface area contributed by atoms with E-state index in [0.717, 1.165) is 186 Å². The average Bonchev–Trinajstić information content (AvgIpc) is 0.777. The molecule has 0 aromatic heterocycles. The summed E-state index contributed by atoms with van der Waals surface area (Å²) in [6, 6.07) is -2.89. The van der Waals surface area contributed by atoms with Crippen molar-refractivity contribution in [3.05, 3.63) is 0 Å². The highest BCUT2D eigenvalue weighted by atomic mass is 31.2. The molecule has 720 valence electrons. The van der Waals surface area contributed by atoms with Crippen LogP contribution < -0.4 is 16.8 Å². The minimum atomic E-state index is -5.57. The van der Waals surface area contributed by atoms with E-state index in [9.17, 15) is 54.0 Å². The Labute approximate surface area is 742 Å². The first-order chi connectivity index (χ1) is 58.6. The molecule has 0 spiro atoms. The van der Waals surface area contributed by atoms with Crippen molar-refractivity contribution < 1.29 is 96.5 Å². The van der Waals surface area contributed by atoms with Gasteiger partial charge in [-0.3, -0.25) is 33.3 Å². The molecule has 12 N–H and O–H groups in total. The minimum Gasteiger partial charge on any atom is -0.462 e. The number of quaternary nitrogens is 1. The Morgan fingerprint density at radius 3 is 1.13 bits per heavy atom. The summed E-state index contributed by atoms with van der Waals surface area (Å²) in [5.41, 5.74) is 0. The summed E-state index contributed by atoms with van der Waals surface area (Å²) in [5, 5.41) is 52.0. The first-order valence-corrected chi connectivity index (χ1v) is 52.2. The van der Waals surface area contributed by atoms with Crippen LogP contribution >= 0.6 is 7.82 Å².